The van der Waals surface area contributed by atoms with Crippen LogP contribution in [0, 0.1) is 0 Å². The van der Waals surface area contributed by atoms with Gasteiger partial charge in [-0.25, -0.2) is 0 Å². The van der Waals surface area contributed by atoms with Crippen LogP contribution >= 0.6 is 0 Å². The first kappa shape index (κ1) is 72.1. The van der Waals surface area contributed by atoms with Crippen molar-refractivity contribution in [2.75, 3.05) is 13.2 Å². The van der Waals surface area contributed by atoms with E-state index in [1.807, 2.05) is 0 Å². The predicted octanol–water partition coefficient (Wildman–Crippen LogP) is 21.8. The van der Waals surface area contributed by atoms with Crippen LogP contribution in [0.25, 0.3) is 0 Å². The van der Waals surface area contributed by atoms with Crippen molar-refractivity contribution in [2.24, 2.45) is 0 Å². The summed E-state index contributed by atoms with van der Waals surface area (Å²) in [5, 5.41) is 0. The minimum atomic E-state index is -0.803. The molecule has 1 atom stereocenters. The molecule has 0 aromatic heterocycles. The van der Waals surface area contributed by atoms with Gasteiger partial charge in [-0.2, -0.15) is 0 Å². The quantitative estimate of drug-likeness (QED) is 0.0261. The second-order valence-corrected chi connectivity index (χ2v) is 20.9. The number of hydrogen-bond acceptors (Lipinski definition) is 6. The summed E-state index contributed by atoms with van der Waals surface area (Å²) in [5.74, 6) is -0.961. The van der Waals surface area contributed by atoms with Gasteiger partial charge in [0.2, 0.25) is 0 Å². The summed E-state index contributed by atoms with van der Waals surface area (Å²) in [7, 11) is 0. The maximum absolute atomic E-state index is 12.8. The number of rotatable bonds is 57. The molecule has 0 N–H and O–H groups in total. The fraction of sp³-hybridized carbons (Fsp3) is 0.700. The van der Waals surface area contributed by atoms with Crippen molar-refractivity contribution in [3.8, 4) is 0 Å². The van der Waals surface area contributed by atoms with Gasteiger partial charge in [-0.3, -0.25) is 14.4 Å². The lowest BCUT2D eigenvalue weighted by molar-refractivity contribution is -0.167. The third kappa shape index (κ3) is 60.9. The van der Waals surface area contributed by atoms with Crippen LogP contribution < -0.4 is 0 Å². The Kier molecular flexibility index (Phi) is 60.3. The van der Waals surface area contributed by atoms with Crippen molar-refractivity contribution in [1.29, 1.82) is 0 Å². The Morgan fingerprint density at radius 3 is 0.842 bits per heavy atom. The van der Waals surface area contributed by atoms with Crippen molar-refractivity contribution in [3.63, 3.8) is 0 Å². The predicted molar refractivity (Wildman–Crippen MR) is 330 cm³/mol. The molecule has 0 aliphatic carbocycles. The van der Waals surface area contributed by atoms with Crippen molar-refractivity contribution in [1.82, 2.24) is 0 Å². The van der Waals surface area contributed by atoms with E-state index in [0.29, 0.717) is 19.3 Å². The Hall–Kier alpha value is -3.93. The number of esters is 3. The zero-order valence-corrected chi connectivity index (χ0v) is 49.7. The number of unbranched alkanes of at least 4 members (excludes halogenated alkanes) is 28. The van der Waals surface area contributed by atoms with E-state index in [1.54, 1.807) is 0 Å². The van der Waals surface area contributed by atoms with Crippen LogP contribution in [-0.4, -0.2) is 37.2 Å². The molecule has 0 rings (SSSR count). The van der Waals surface area contributed by atoms with Gasteiger partial charge in [-0.05, 0) is 96.3 Å². The maximum atomic E-state index is 12.8. The van der Waals surface area contributed by atoms with Crippen LogP contribution in [-0.2, 0) is 28.6 Å². The number of carbonyl (C=O) groups excluding carboxylic acids is 3. The molecule has 0 aliphatic rings. The molecule has 0 bridgehead atoms. The summed E-state index contributed by atoms with van der Waals surface area (Å²) in [6.07, 6.45) is 87.4. The highest BCUT2D eigenvalue weighted by molar-refractivity contribution is 5.71. The maximum Gasteiger partial charge on any atom is 0.306 e. The lowest BCUT2D eigenvalue weighted by Gasteiger charge is -2.18. The van der Waals surface area contributed by atoms with Crippen LogP contribution in [0.5, 0.6) is 0 Å². The zero-order chi connectivity index (χ0) is 55.0. The van der Waals surface area contributed by atoms with Crippen LogP contribution in [0.1, 0.15) is 297 Å². The lowest BCUT2D eigenvalue weighted by atomic mass is 10.0. The largest absolute Gasteiger partial charge is 0.462 e. The Labute approximate surface area is 470 Å². The van der Waals surface area contributed by atoms with Crippen molar-refractivity contribution in [3.05, 3.63) is 109 Å². The molecule has 0 radical (unpaired) electrons. The topological polar surface area (TPSA) is 78.9 Å². The average molecular weight is 1060 g/mol. The molecule has 0 spiro atoms. The molecule has 1 unspecified atom stereocenters. The molecule has 6 heteroatoms. The molecule has 0 saturated heterocycles. The van der Waals surface area contributed by atoms with Crippen molar-refractivity contribution >= 4 is 17.9 Å². The molecular weight excluding hydrogens is 937 g/mol. The summed E-state index contributed by atoms with van der Waals surface area (Å²) >= 11 is 0. The van der Waals surface area contributed by atoms with Gasteiger partial charge < -0.3 is 14.2 Å². The van der Waals surface area contributed by atoms with E-state index in [4.69, 9.17) is 14.2 Å². The standard InChI is InChI=1S/C70H118O6/c1-4-7-10-13-16-18-20-22-24-26-27-28-29-30-31-32-33-34-35-36-37-38-39-40-41-42-43-45-46-48-50-52-54-57-60-63-69(72)75-66-67(65-74-68(71)62-59-56-15-12-9-6-3)76-70(73)64-61-58-55-53-51-49-47-44-25-23-21-19-17-14-11-8-5-2/h7-8,10-11,16-19,22-25,27-28,47,49,53,55,67H,4-6,9,12-15,20-21,26,29-46,48,50-52,54,56-66H2,1-3H3/b10-7-,11-8-,18-16-,19-17-,24-22-,25-23-,28-27-,49-47-,55-53-. The number of allylic oxidation sites excluding steroid dienone is 18. The fourth-order valence-corrected chi connectivity index (χ4v) is 8.82. The summed E-state index contributed by atoms with van der Waals surface area (Å²) in [4.78, 5) is 37.9. The van der Waals surface area contributed by atoms with E-state index in [2.05, 4.69) is 130 Å². The molecule has 0 aliphatic heterocycles. The first-order valence-electron chi connectivity index (χ1n) is 31.9. The molecule has 6 nitrogen and oxygen atoms in total. The monoisotopic (exact) mass is 1050 g/mol. The molecule has 434 valence electrons. The van der Waals surface area contributed by atoms with Crippen LogP contribution in [0.4, 0.5) is 0 Å². The molecule has 0 fully saturated rings. The SMILES string of the molecule is CC/C=C\C/C=C\C/C=C\C/C=C\C/C=C\CCCC(=O)OC(COC(=O)CCCCCCCC)COC(=O)CCCCCCCCCCCCCCCCCCCCCCCC/C=C\C/C=C\C/C=C\C/C=C\CC. The van der Waals surface area contributed by atoms with E-state index >= 15 is 0 Å². The molecule has 76 heavy (non-hydrogen) atoms. The van der Waals surface area contributed by atoms with Crippen molar-refractivity contribution < 1.29 is 28.6 Å². The van der Waals surface area contributed by atoms with Gasteiger partial charge in [-0.1, -0.05) is 291 Å². The van der Waals surface area contributed by atoms with Gasteiger partial charge in [-0.15, -0.1) is 0 Å². The van der Waals surface area contributed by atoms with Gasteiger partial charge in [0.25, 0.3) is 0 Å². The summed E-state index contributed by atoms with van der Waals surface area (Å²) in [5.41, 5.74) is 0. The Balaban J connectivity index is 3.99. The highest BCUT2D eigenvalue weighted by Crippen LogP contribution is 2.17. The third-order valence-corrected chi connectivity index (χ3v) is 13.5. The van der Waals surface area contributed by atoms with Gasteiger partial charge in [0.05, 0.1) is 0 Å². The van der Waals surface area contributed by atoms with E-state index < -0.39 is 6.10 Å². The molecule has 0 saturated carbocycles. The van der Waals surface area contributed by atoms with Crippen molar-refractivity contribution in [2.45, 2.75) is 303 Å². The number of ether oxygens (including phenoxy) is 3. The molecule has 0 heterocycles. The summed E-state index contributed by atoms with van der Waals surface area (Å²) in [6, 6.07) is 0. The Morgan fingerprint density at radius 1 is 0.276 bits per heavy atom. The Bertz CT molecular complexity index is 1540. The van der Waals surface area contributed by atoms with Crippen LogP contribution in [0.15, 0.2) is 109 Å². The average Bonchev–Trinajstić information content (AvgIpc) is 3.42. The van der Waals surface area contributed by atoms with Gasteiger partial charge >= 0.3 is 17.9 Å². The normalized spacial score (nSPS) is 12.8. The van der Waals surface area contributed by atoms with Gasteiger partial charge in [0, 0.05) is 19.3 Å². The molecule has 0 aromatic carbocycles. The van der Waals surface area contributed by atoms with Gasteiger partial charge in [0.15, 0.2) is 6.10 Å². The molecule has 0 aromatic rings. The minimum absolute atomic E-state index is 0.0977. The highest BCUT2D eigenvalue weighted by Gasteiger charge is 2.19. The first-order chi connectivity index (χ1) is 37.5. The fourth-order valence-electron chi connectivity index (χ4n) is 8.82. The minimum Gasteiger partial charge on any atom is -0.462 e. The second kappa shape index (κ2) is 63.6. The lowest BCUT2D eigenvalue weighted by Crippen LogP contribution is -2.30. The Morgan fingerprint density at radius 2 is 0.526 bits per heavy atom. The van der Waals surface area contributed by atoms with E-state index in [1.165, 1.54) is 148 Å². The van der Waals surface area contributed by atoms with Crippen LogP contribution in [0.3, 0.4) is 0 Å². The van der Waals surface area contributed by atoms with E-state index in [-0.39, 0.29) is 37.5 Å². The third-order valence-electron chi connectivity index (χ3n) is 13.5. The van der Waals surface area contributed by atoms with E-state index in [9.17, 15) is 14.4 Å². The first-order valence-corrected chi connectivity index (χ1v) is 31.9. The zero-order valence-electron chi connectivity index (χ0n) is 49.7. The summed E-state index contributed by atoms with van der Waals surface area (Å²) < 4.78 is 16.7. The number of carbonyl (C=O) groups is 3. The summed E-state index contributed by atoms with van der Waals surface area (Å²) in [6.45, 7) is 6.32. The number of hydrogen-bond donors (Lipinski definition) is 0. The molecular formula is C70H118O6. The van der Waals surface area contributed by atoms with E-state index in [0.717, 1.165) is 103 Å². The van der Waals surface area contributed by atoms with Crippen LogP contribution in [0.2, 0.25) is 0 Å². The second-order valence-electron chi connectivity index (χ2n) is 20.9. The molecule has 0 amide bonds. The highest BCUT2D eigenvalue weighted by atomic mass is 16.6. The van der Waals surface area contributed by atoms with Gasteiger partial charge in [0.1, 0.15) is 13.2 Å². The smallest absolute Gasteiger partial charge is 0.306 e.